The number of ether oxygens (including phenoxy) is 2. The van der Waals surface area contributed by atoms with Crippen LogP contribution in [0.25, 0.3) is 0 Å². The molecule has 0 bridgehead atoms. The molecule has 0 unspecified atom stereocenters. The molecule has 0 amide bonds. The second kappa shape index (κ2) is 5.59. The Hall–Kier alpha value is -3.25. The lowest BCUT2D eigenvalue weighted by Crippen LogP contribution is -1.98. The monoisotopic (exact) mass is 266 g/mol. The summed E-state index contributed by atoms with van der Waals surface area (Å²) < 4.78 is 10.6. The lowest BCUT2D eigenvalue weighted by Gasteiger charge is -2.09. The van der Waals surface area contributed by atoms with Crippen LogP contribution >= 0.6 is 0 Å². The summed E-state index contributed by atoms with van der Waals surface area (Å²) in [5, 5.41) is 17.8. The van der Waals surface area contributed by atoms with Crippen molar-refractivity contribution in [1.29, 1.82) is 10.5 Å². The molecular weight excluding hydrogens is 256 g/mol. The van der Waals surface area contributed by atoms with Crippen LogP contribution in [0, 0.1) is 22.7 Å². The number of nitrogens with two attached hydrogens (primary N) is 1. The summed E-state index contributed by atoms with van der Waals surface area (Å²) in [6.07, 6.45) is 1.43. The molecule has 1 aromatic carbocycles. The van der Waals surface area contributed by atoms with E-state index in [0.29, 0.717) is 17.1 Å². The van der Waals surface area contributed by atoms with Crippen LogP contribution in [-0.2, 0) is 0 Å². The molecule has 0 saturated carbocycles. The van der Waals surface area contributed by atoms with E-state index >= 15 is 0 Å². The molecule has 1 heterocycles. The van der Waals surface area contributed by atoms with Gasteiger partial charge in [-0.25, -0.2) is 4.98 Å². The Kier molecular flexibility index (Phi) is 3.69. The maximum Gasteiger partial charge on any atom is 0.244 e. The van der Waals surface area contributed by atoms with E-state index in [1.165, 1.54) is 25.4 Å². The van der Waals surface area contributed by atoms with Crippen molar-refractivity contribution >= 4 is 5.69 Å². The van der Waals surface area contributed by atoms with E-state index in [1.807, 2.05) is 12.1 Å². The fourth-order valence-electron chi connectivity index (χ4n) is 1.56. The minimum Gasteiger partial charge on any atom is -0.497 e. The summed E-state index contributed by atoms with van der Waals surface area (Å²) >= 11 is 0. The number of anilines is 1. The molecule has 2 aromatic rings. The zero-order valence-electron chi connectivity index (χ0n) is 10.6. The molecule has 0 spiro atoms. The maximum absolute atomic E-state index is 8.94. The van der Waals surface area contributed by atoms with Gasteiger partial charge < -0.3 is 15.2 Å². The van der Waals surface area contributed by atoms with Crippen molar-refractivity contribution in [2.45, 2.75) is 0 Å². The lowest BCUT2D eigenvalue weighted by molar-refractivity contribution is 0.407. The lowest BCUT2D eigenvalue weighted by atomic mass is 10.2. The standard InChI is InChI=1S/C14H10N4O2/c1-19-11-4-9(7-15)5-12(6-11)20-14-13(17)10(8-16)2-3-18-14/h2-6H,17H2,1H3. The molecule has 98 valence electrons. The van der Waals surface area contributed by atoms with Gasteiger partial charge in [-0.15, -0.1) is 0 Å². The maximum atomic E-state index is 8.94. The Bertz CT molecular complexity index is 729. The highest BCUT2D eigenvalue weighted by Gasteiger charge is 2.10. The van der Waals surface area contributed by atoms with Gasteiger partial charge in [-0.1, -0.05) is 0 Å². The van der Waals surface area contributed by atoms with Gasteiger partial charge >= 0.3 is 0 Å². The Morgan fingerprint density at radius 1 is 1.15 bits per heavy atom. The van der Waals surface area contributed by atoms with Crippen LogP contribution in [0.3, 0.4) is 0 Å². The van der Waals surface area contributed by atoms with Crippen LogP contribution in [0.4, 0.5) is 5.69 Å². The first-order valence-electron chi connectivity index (χ1n) is 5.59. The van der Waals surface area contributed by atoms with Gasteiger partial charge in [-0.3, -0.25) is 0 Å². The third-order valence-electron chi connectivity index (χ3n) is 2.53. The van der Waals surface area contributed by atoms with Gasteiger partial charge in [0.1, 0.15) is 23.3 Å². The zero-order chi connectivity index (χ0) is 14.5. The minimum atomic E-state index is 0.112. The van der Waals surface area contributed by atoms with E-state index in [9.17, 15) is 0 Å². The number of pyridine rings is 1. The van der Waals surface area contributed by atoms with Crippen molar-refractivity contribution in [1.82, 2.24) is 4.98 Å². The molecule has 2 N–H and O–H groups in total. The SMILES string of the molecule is COc1cc(C#N)cc(Oc2nccc(C#N)c2N)c1. The highest BCUT2D eigenvalue weighted by Crippen LogP contribution is 2.30. The molecule has 2 rings (SSSR count). The highest BCUT2D eigenvalue weighted by atomic mass is 16.5. The molecule has 0 fully saturated rings. The average molecular weight is 266 g/mol. The molecule has 6 nitrogen and oxygen atoms in total. The topological polar surface area (TPSA) is 105 Å². The third kappa shape index (κ3) is 2.60. The number of rotatable bonds is 3. The van der Waals surface area contributed by atoms with Crippen molar-refractivity contribution in [2.75, 3.05) is 12.8 Å². The average Bonchev–Trinajstić information content (AvgIpc) is 2.49. The van der Waals surface area contributed by atoms with Gasteiger partial charge in [0, 0.05) is 12.3 Å². The zero-order valence-corrected chi connectivity index (χ0v) is 10.6. The van der Waals surface area contributed by atoms with Gasteiger partial charge in [-0.05, 0) is 18.2 Å². The van der Waals surface area contributed by atoms with E-state index in [2.05, 4.69) is 4.98 Å². The second-order valence-electron chi connectivity index (χ2n) is 3.80. The molecule has 0 aliphatic rings. The molecule has 0 saturated heterocycles. The Balaban J connectivity index is 2.41. The number of hydrogen-bond donors (Lipinski definition) is 1. The molecule has 0 aliphatic carbocycles. The van der Waals surface area contributed by atoms with Crippen molar-refractivity contribution in [2.24, 2.45) is 0 Å². The van der Waals surface area contributed by atoms with Crippen molar-refractivity contribution in [3.8, 4) is 29.5 Å². The highest BCUT2D eigenvalue weighted by molar-refractivity contribution is 5.61. The van der Waals surface area contributed by atoms with Crippen LogP contribution in [0.2, 0.25) is 0 Å². The fraction of sp³-hybridized carbons (Fsp3) is 0.0714. The summed E-state index contributed by atoms with van der Waals surface area (Å²) in [6.45, 7) is 0. The number of nitriles is 2. The van der Waals surface area contributed by atoms with Gasteiger partial charge in [0.25, 0.3) is 0 Å². The van der Waals surface area contributed by atoms with E-state index in [0.717, 1.165) is 0 Å². The van der Waals surface area contributed by atoms with Crippen LogP contribution in [0.1, 0.15) is 11.1 Å². The molecule has 20 heavy (non-hydrogen) atoms. The number of hydrogen-bond acceptors (Lipinski definition) is 6. The summed E-state index contributed by atoms with van der Waals surface area (Å²) in [5.41, 5.74) is 6.59. The van der Waals surface area contributed by atoms with Crippen LogP contribution in [0.5, 0.6) is 17.4 Å². The molecule has 1 aromatic heterocycles. The quantitative estimate of drug-likeness (QED) is 0.913. The number of nitrogen functional groups attached to an aromatic ring is 1. The van der Waals surface area contributed by atoms with E-state index < -0.39 is 0 Å². The van der Waals surface area contributed by atoms with Crippen LogP contribution in [-0.4, -0.2) is 12.1 Å². The summed E-state index contributed by atoms with van der Waals surface area (Å²) in [5.74, 6) is 0.949. The predicted octanol–water partition coefficient (Wildman–Crippen LogP) is 2.21. The smallest absolute Gasteiger partial charge is 0.244 e. The van der Waals surface area contributed by atoms with Crippen LogP contribution < -0.4 is 15.2 Å². The predicted molar refractivity (Wildman–Crippen MR) is 71.1 cm³/mol. The number of benzene rings is 1. The van der Waals surface area contributed by atoms with Crippen molar-refractivity contribution < 1.29 is 9.47 Å². The second-order valence-corrected chi connectivity index (χ2v) is 3.80. The Morgan fingerprint density at radius 2 is 1.90 bits per heavy atom. The van der Waals surface area contributed by atoms with E-state index in [-0.39, 0.29) is 17.1 Å². The van der Waals surface area contributed by atoms with Gasteiger partial charge in [0.05, 0.1) is 24.3 Å². The first-order valence-corrected chi connectivity index (χ1v) is 5.59. The Morgan fingerprint density at radius 3 is 2.55 bits per heavy atom. The van der Waals surface area contributed by atoms with E-state index in [4.69, 9.17) is 25.7 Å². The first kappa shape index (κ1) is 13.2. The summed E-state index contributed by atoms with van der Waals surface area (Å²) in [7, 11) is 1.49. The molecule has 0 radical (unpaired) electrons. The number of methoxy groups -OCH3 is 1. The summed E-state index contributed by atoms with van der Waals surface area (Å²) in [4.78, 5) is 3.97. The molecular formula is C14H10N4O2. The number of nitrogens with zero attached hydrogens (tertiary/aromatic N) is 3. The molecule has 6 heteroatoms. The van der Waals surface area contributed by atoms with Gasteiger partial charge in [-0.2, -0.15) is 10.5 Å². The molecule has 0 atom stereocenters. The summed E-state index contributed by atoms with van der Waals surface area (Å²) in [6, 6.07) is 10.1. The molecule has 0 aliphatic heterocycles. The minimum absolute atomic E-state index is 0.112. The van der Waals surface area contributed by atoms with Crippen LogP contribution in [0.15, 0.2) is 30.5 Å². The Labute approximate surface area is 115 Å². The van der Waals surface area contributed by atoms with Gasteiger partial charge in [0.2, 0.25) is 5.88 Å². The van der Waals surface area contributed by atoms with Gasteiger partial charge in [0.15, 0.2) is 0 Å². The first-order chi connectivity index (χ1) is 9.67. The van der Waals surface area contributed by atoms with E-state index in [1.54, 1.807) is 12.1 Å². The fourth-order valence-corrected chi connectivity index (χ4v) is 1.56. The normalized spacial score (nSPS) is 9.35. The third-order valence-corrected chi connectivity index (χ3v) is 2.53. The largest absolute Gasteiger partial charge is 0.497 e. The van der Waals surface area contributed by atoms with Crippen molar-refractivity contribution in [3.05, 3.63) is 41.6 Å². The number of aromatic nitrogens is 1. The van der Waals surface area contributed by atoms with Crippen molar-refractivity contribution in [3.63, 3.8) is 0 Å².